The number of amides is 1. The van der Waals surface area contributed by atoms with Gasteiger partial charge in [-0.1, -0.05) is 36.7 Å². The summed E-state index contributed by atoms with van der Waals surface area (Å²) in [7, 11) is 0. The monoisotopic (exact) mass is 306 g/mol. The lowest BCUT2D eigenvalue weighted by molar-refractivity contribution is 0.100. The average Bonchev–Trinajstić information content (AvgIpc) is 2.47. The first-order valence-electron chi connectivity index (χ1n) is 6.63. The number of nitrogens with two attached hydrogens (primary N) is 1. The number of benzene rings is 2. The maximum Gasteiger partial charge on any atom is 0.248 e. The van der Waals surface area contributed by atoms with Gasteiger partial charge in [-0.3, -0.25) is 4.79 Å². The van der Waals surface area contributed by atoms with E-state index in [1.807, 2.05) is 6.92 Å². The van der Waals surface area contributed by atoms with E-state index in [0.29, 0.717) is 28.3 Å². The van der Waals surface area contributed by atoms with Gasteiger partial charge in [0, 0.05) is 11.1 Å². The number of rotatable bonds is 5. The number of halogens is 2. The largest absolute Gasteiger partial charge is 0.377 e. The molecule has 0 aliphatic rings. The number of hydrogen-bond donors (Lipinski definition) is 2. The second kappa shape index (κ2) is 6.59. The molecular formula is C16H16ClFN2O. The van der Waals surface area contributed by atoms with Crippen LogP contribution < -0.4 is 11.1 Å². The molecule has 0 heterocycles. The highest BCUT2D eigenvalue weighted by Gasteiger charge is 2.15. The summed E-state index contributed by atoms with van der Waals surface area (Å²) < 4.78 is 13.9. The van der Waals surface area contributed by atoms with E-state index in [1.54, 1.807) is 36.4 Å². The van der Waals surface area contributed by atoms with Gasteiger partial charge in [-0.25, -0.2) is 4.39 Å². The molecule has 0 aliphatic carbocycles. The molecule has 5 heteroatoms. The first-order chi connectivity index (χ1) is 10.0. The van der Waals surface area contributed by atoms with E-state index in [2.05, 4.69) is 5.32 Å². The lowest BCUT2D eigenvalue weighted by Gasteiger charge is -2.20. The van der Waals surface area contributed by atoms with Crippen LogP contribution in [0.3, 0.4) is 0 Å². The van der Waals surface area contributed by atoms with Crippen LogP contribution in [0.1, 0.15) is 35.3 Å². The smallest absolute Gasteiger partial charge is 0.248 e. The van der Waals surface area contributed by atoms with Gasteiger partial charge in [-0.15, -0.1) is 0 Å². The van der Waals surface area contributed by atoms with Gasteiger partial charge in [0.2, 0.25) is 5.91 Å². The third-order valence-electron chi connectivity index (χ3n) is 3.27. The number of hydrogen-bond acceptors (Lipinski definition) is 2. The molecule has 2 aromatic rings. The number of carbonyl (C=O) groups excluding carboxylic acids is 1. The van der Waals surface area contributed by atoms with Crippen LogP contribution in [-0.4, -0.2) is 5.91 Å². The van der Waals surface area contributed by atoms with Crippen molar-refractivity contribution in [3.05, 3.63) is 64.4 Å². The van der Waals surface area contributed by atoms with E-state index in [9.17, 15) is 9.18 Å². The van der Waals surface area contributed by atoms with Gasteiger partial charge in [-0.05, 0) is 30.7 Å². The Bertz CT molecular complexity index is 660. The van der Waals surface area contributed by atoms with Crippen molar-refractivity contribution in [3.63, 3.8) is 0 Å². The molecule has 1 unspecified atom stereocenters. The molecule has 0 fully saturated rings. The van der Waals surface area contributed by atoms with Crippen molar-refractivity contribution in [2.75, 3.05) is 5.32 Å². The molecule has 0 spiro atoms. The third-order valence-corrected chi connectivity index (χ3v) is 3.60. The molecule has 0 bridgehead atoms. The van der Waals surface area contributed by atoms with Crippen LogP contribution >= 0.6 is 11.6 Å². The maximum atomic E-state index is 13.9. The van der Waals surface area contributed by atoms with E-state index in [0.717, 1.165) is 0 Å². The minimum atomic E-state index is -0.534. The van der Waals surface area contributed by atoms with Crippen molar-refractivity contribution in [2.24, 2.45) is 5.73 Å². The molecule has 0 aliphatic heterocycles. The lowest BCUT2D eigenvalue weighted by Crippen LogP contribution is -2.14. The third kappa shape index (κ3) is 3.52. The van der Waals surface area contributed by atoms with Crippen molar-refractivity contribution < 1.29 is 9.18 Å². The second-order valence-corrected chi connectivity index (χ2v) is 5.09. The summed E-state index contributed by atoms with van der Waals surface area (Å²) in [4.78, 5) is 11.2. The summed E-state index contributed by atoms with van der Waals surface area (Å²) >= 11 is 6.12. The van der Waals surface area contributed by atoms with Crippen molar-refractivity contribution in [1.82, 2.24) is 0 Å². The molecule has 0 aromatic heterocycles. The van der Waals surface area contributed by atoms with Crippen LogP contribution in [0.25, 0.3) is 0 Å². The van der Waals surface area contributed by atoms with Crippen LogP contribution in [0, 0.1) is 5.82 Å². The molecule has 2 rings (SSSR count). The molecular weight excluding hydrogens is 291 g/mol. The van der Waals surface area contributed by atoms with E-state index < -0.39 is 5.91 Å². The molecule has 1 atom stereocenters. The second-order valence-electron chi connectivity index (χ2n) is 4.69. The Hall–Kier alpha value is -2.07. The molecule has 3 N–H and O–H groups in total. The number of nitrogens with one attached hydrogen (secondary N) is 1. The fourth-order valence-corrected chi connectivity index (χ4v) is 2.31. The highest BCUT2D eigenvalue weighted by molar-refractivity contribution is 6.33. The van der Waals surface area contributed by atoms with Crippen molar-refractivity contribution in [1.29, 1.82) is 0 Å². The number of carbonyl (C=O) groups is 1. The minimum Gasteiger partial charge on any atom is -0.377 e. The summed E-state index contributed by atoms with van der Waals surface area (Å²) in [6.07, 6.45) is 0.665. The van der Waals surface area contributed by atoms with E-state index in [1.165, 1.54) is 6.07 Å². The Morgan fingerprint density at radius 2 is 2.05 bits per heavy atom. The molecule has 110 valence electrons. The predicted octanol–water partition coefficient (Wildman–Crippen LogP) is 4.14. The zero-order valence-corrected chi connectivity index (χ0v) is 12.3. The normalized spacial score (nSPS) is 12.0. The topological polar surface area (TPSA) is 55.1 Å². The molecule has 0 saturated heterocycles. The molecule has 0 saturated carbocycles. The SMILES string of the molecule is CCC(Nc1cc(C(N)=O)ccc1Cl)c1ccccc1F. The van der Waals surface area contributed by atoms with E-state index in [-0.39, 0.29) is 11.9 Å². The number of primary amides is 1. The van der Waals surface area contributed by atoms with Gasteiger partial charge in [-0.2, -0.15) is 0 Å². The Kier molecular flexibility index (Phi) is 4.81. The maximum absolute atomic E-state index is 13.9. The van der Waals surface area contributed by atoms with Crippen LogP contribution in [0.2, 0.25) is 5.02 Å². The standard InChI is InChI=1S/C16H16ClFN2O/c1-2-14(11-5-3-4-6-13(11)18)20-15-9-10(16(19)21)7-8-12(15)17/h3-9,14,20H,2H2,1H3,(H2,19,21). The zero-order chi connectivity index (χ0) is 15.4. The minimum absolute atomic E-state index is 0.244. The van der Waals surface area contributed by atoms with Crippen LogP contribution in [-0.2, 0) is 0 Å². The molecule has 21 heavy (non-hydrogen) atoms. The van der Waals surface area contributed by atoms with Gasteiger partial charge >= 0.3 is 0 Å². The quantitative estimate of drug-likeness (QED) is 0.872. The van der Waals surface area contributed by atoms with Gasteiger partial charge < -0.3 is 11.1 Å². The summed E-state index contributed by atoms with van der Waals surface area (Å²) in [5, 5.41) is 3.62. The van der Waals surface area contributed by atoms with Crippen molar-refractivity contribution in [3.8, 4) is 0 Å². The van der Waals surface area contributed by atoms with Crippen LogP contribution in [0.4, 0.5) is 10.1 Å². The summed E-state index contributed by atoms with van der Waals surface area (Å²) in [6.45, 7) is 1.94. The fourth-order valence-electron chi connectivity index (χ4n) is 2.13. The lowest BCUT2D eigenvalue weighted by atomic mass is 10.0. The van der Waals surface area contributed by atoms with Crippen LogP contribution in [0.5, 0.6) is 0 Å². The number of anilines is 1. The summed E-state index contributed by atoms with van der Waals surface area (Å²) in [5.74, 6) is -0.812. The van der Waals surface area contributed by atoms with Crippen molar-refractivity contribution in [2.45, 2.75) is 19.4 Å². The van der Waals surface area contributed by atoms with Gasteiger partial charge in [0.25, 0.3) is 0 Å². The fraction of sp³-hybridized carbons (Fsp3) is 0.188. The summed E-state index contributed by atoms with van der Waals surface area (Å²) in [6, 6.07) is 11.1. The Morgan fingerprint density at radius 1 is 1.33 bits per heavy atom. The molecule has 3 nitrogen and oxygen atoms in total. The van der Waals surface area contributed by atoms with E-state index in [4.69, 9.17) is 17.3 Å². The average molecular weight is 307 g/mol. The molecule has 1 amide bonds. The van der Waals surface area contributed by atoms with E-state index >= 15 is 0 Å². The zero-order valence-electron chi connectivity index (χ0n) is 11.6. The Balaban J connectivity index is 2.33. The first kappa shape index (κ1) is 15.3. The van der Waals surface area contributed by atoms with Crippen LogP contribution in [0.15, 0.2) is 42.5 Å². The highest BCUT2D eigenvalue weighted by atomic mass is 35.5. The highest BCUT2D eigenvalue weighted by Crippen LogP contribution is 2.29. The summed E-state index contributed by atoms with van der Waals surface area (Å²) in [5.41, 5.74) is 6.73. The Morgan fingerprint density at radius 3 is 2.67 bits per heavy atom. The molecule has 2 aromatic carbocycles. The molecule has 0 radical (unpaired) electrons. The van der Waals surface area contributed by atoms with Crippen molar-refractivity contribution >= 4 is 23.2 Å². The first-order valence-corrected chi connectivity index (χ1v) is 7.01. The van der Waals surface area contributed by atoms with Gasteiger partial charge in [0.15, 0.2) is 0 Å². The van der Waals surface area contributed by atoms with Gasteiger partial charge in [0.1, 0.15) is 5.82 Å². The van der Waals surface area contributed by atoms with Gasteiger partial charge in [0.05, 0.1) is 16.8 Å². The predicted molar refractivity (Wildman–Crippen MR) is 83.0 cm³/mol. The Labute approximate surface area is 127 Å².